The van der Waals surface area contributed by atoms with Crippen LogP contribution in [0.5, 0.6) is 0 Å². The van der Waals surface area contributed by atoms with Gasteiger partial charge in [0.15, 0.2) is 0 Å². The fraction of sp³-hybridized carbons (Fsp3) is 0.500. The summed E-state index contributed by atoms with van der Waals surface area (Å²) >= 11 is 0. The maximum Gasteiger partial charge on any atom is 0.279 e. The highest BCUT2D eigenvalue weighted by Crippen LogP contribution is 1.95. The molecule has 0 aromatic carbocycles. The number of H-pyrrole nitrogens is 1. The van der Waals surface area contributed by atoms with Crippen LogP contribution < -0.4 is 4.72 Å². The quantitative estimate of drug-likeness (QED) is 0.681. The summed E-state index contributed by atoms with van der Waals surface area (Å²) in [5.74, 6) is 0. The predicted molar refractivity (Wildman–Crippen MR) is 48.0 cm³/mol. The molecule has 0 amide bonds. The lowest BCUT2D eigenvalue weighted by Crippen LogP contribution is -2.35. The maximum atomic E-state index is 11.2. The molecule has 1 heterocycles. The van der Waals surface area contributed by atoms with E-state index in [1.165, 1.54) is 14.1 Å². The van der Waals surface area contributed by atoms with Gasteiger partial charge in [0.2, 0.25) is 0 Å². The zero-order chi connectivity index (χ0) is 9.90. The van der Waals surface area contributed by atoms with Crippen molar-refractivity contribution >= 4 is 10.2 Å². The second-order valence-corrected chi connectivity index (χ2v) is 4.68. The van der Waals surface area contributed by atoms with Gasteiger partial charge >= 0.3 is 0 Å². The molecule has 0 saturated heterocycles. The van der Waals surface area contributed by atoms with Gasteiger partial charge in [0.05, 0.1) is 6.20 Å². The molecule has 2 N–H and O–H groups in total. The van der Waals surface area contributed by atoms with E-state index in [1.807, 2.05) is 0 Å². The molecule has 0 unspecified atom stereocenters. The fourth-order valence-corrected chi connectivity index (χ4v) is 1.29. The number of nitrogens with one attached hydrogen (secondary N) is 2. The van der Waals surface area contributed by atoms with Gasteiger partial charge in [-0.2, -0.15) is 22.5 Å². The molecule has 0 aliphatic heterocycles. The van der Waals surface area contributed by atoms with Crippen molar-refractivity contribution in [3.8, 4) is 0 Å². The van der Waals surface area contributed by atoms with E-state index in [2.05, 4.69) is 14.9 Å². The maximum absolute atomic E-state index is 11.2. The second-order valence-electron chi connectivity index (χ2n) is 2.72. The van der Waals surface area contributed by atoms with Crippen LogP contribution in [0.2, 0.25) is 0 Å². The molecular weight excluding hydrogens is 192 g/mol. The third-order valence-electron chi connectivity index (χ3n) is 1.49. The van der Waals surface area contributed by atoms with Gasteiger partial charge in [-0.25, -0.2) is 0 Å². The Morgan fingerprint density at radius 1 is 1.62 bits per heavy atom. The summed E-state index contributed by atoms with van der Waals surface area (Å²) in [7, 11) is -0.393. The number of hydrogen-bond donors (Lipinski definition) is 2. The van der Waals surface area contributed by atoms with E-state index >= 15 is 0 Å². The van der Waals surface area contributed by atoms with Crippen molar-refractivity contribution in [2.45, 2.75) is 6.54 Å². The Morgan fingerprint density at radius 3 is 2.77 bits per heavy atom. The standard InChI is InChI=1S/C6H12N4O2S/c1-10(2)13(11,12)9-5-6-3-7-8-4-6/h3-4,9H,5H2,1-2H3,(H,7,8). The average molecular weight is 204 g/mol. The largest absolute Gasteiger partial charge is 0.285 e. The molecule has 0 aliphatic carbocycles. The molecule has 0 atom stereocenters. The third kappa shape index (κ3) is 2.79. The highest BCUT2D eigenvalue weighted by atomic mass is 32.2. The van der Waals surface area contributed by atoms with E-state index in [0.29, 0.717) is 0 Å². The van der Waals surface area contributed by atoms with Crippen molar-refractivity contribution in [3.05, 3.63) is 18.0 Å². The lowest BCUT2D eigenvalue weighted by atomic mass is 10.4. The summed E-state index contributed by atoms with van der Waals surface area (Å²) in [5.41, 5.74) is 0.797. The van der Waals surface area contributed by atoms with Gasteiger partial charge < -0.3 is 0 Å². The lowest BCUT2D eigenvalue weighted by Gasteiger charge is -2.11. The SMILES string of the molecule is CN(C)S(=O)(=O)NCc1cn[nH]c1. The first-order valence-corrected chi connectivity index (χ1v) is 5.11. The van der Waals surface area contributed by atoms with Crippen LogP contribution in [0.15, 0.2) is 12.4 Å². The molecule has 1 rings (SSSR count). The molecule has 13 heavy (non-hydrogen) atoms. The minimum atomic E-state index is -3.33. The molecule has 0 bridgehead atoms. The molecule has 0 aliphatic rings. The van der Waals surface area contributed by atoms with Crippen LogP contribution in [-0.4, -0.2) is 37.0 Å². The van der Waals surface area contributed by atoms with Gasteiger partial charge in [-0.1, -0.05) is 0 Å². The minimum absolute atomic E-state index is 0.247. The van der Waals surface area contributed by atoms with E-state index in [0.717, 1.165) is 9.87 Å². The van der Waals surface area contributed by atoms with E-state index < -0.39 is 10.2 Å². The van der Waals surface area contributed by atoms with Crippen LogP contribution in [0.4, 0.5) is 0 Å². The number of nitrogens with zero attached hydrogens (tertiary/aromatic N) is 2. The van der Waals surface area contributed by atoms with Crippen molar-refractivity contribution in [3.63, 3.8) is 0 Å². The molecule has 6 nitrogen and oxygen atoms in total. The molecule has 1 aromatic heterocycles. The highest BCUT2D eigenvalue weighted by molar-refractivity contribution is 7.87. The summed E-state index contributed by atoms with van der Waals surface area (Å²) in [6.45, 7) is 0.247. The first-order chi connectivity index (χ1) is 6.02. The second kappa shape index (κ2) is 3.86. The topological polar surface area (TPSA) is 78.1 Å². The summed E-state index contributed by atoms with van der Waals surface area (Å²) in [6.07, 6.45) is 3.20. The van der Waals surface area contributed by atoms with Crippen LogP contribution in [0, 0.1) is 0 Å². The van der Waals surface area contributed by atoms with Crippen LogP contribution in [0.1, 0.15) is 5.56 Å². The van der Waals surface area contributed by atoms with Crippen molar-refractivity contribution in [1.82, 2.24) is 19.2 Å². The number of aromatic amines is 1. The zero-order valence-electron chi connectivity index (χ0n) is 7.48. The van der Waals surface area contributed by atoms with Crippen LogP contribution in [0.3, 0.4) is 0 Å². The van der Waals surface area contributed by atoms with Gasteiger partial charge in [0, 0.05) is 32.4 Å². The highest BCUT2D eigenvalue weighted by Gasteiger charge is 2.11. The van der Waals surface area contributed by atoms with E-state index in [9.17, 15) is 8.42 Å². The number of hydrogen-bond acceptors (Lipinski definition) is 3. The van der Waals surface area contributed by atoms with Gasteiger partial charge in [-0.15, -0.1) is 0 Å². The predicted octanol–water partition coefficient (Wildman–Crippen LogP) is -0.694. The average Bonchev–Trinajstić information content (AvgIpc) is 2.52. The third-order valence-corrected chi connectivity index (χ3v) is 2.96. The molecule has 0 saturated carbocycles. The Bertz CT molecular complexity index is 343. The van der Waals surface area contributed by atoms with E-state index in [4.69, 9.17) is 0 Å². The normalized spacial score (nSPS) is 12.2. The first kappa shape index (κ1) is 10.2. The Labute approximate surface area is 77.1 Å². The van der Waals surface area contributed by atoms with Crippen LogP contribution >= 0.6 is 0 Å². The summed E-state index contributed by atoms with van der Waals surface area (Å²) in [6, 6.07) is 0. The molecule has 0 fully saturated rings. The van der Waals surface area contributed by atoms with Gasteiger partial charge in [-0.3, -0.25) is 5.10 Å². The Kier molecular flexibility index (Phi) is 3.02. The van der Waals surface area contributed by atoms with Crippen molar-refractivity contribution < 1.29 is 8.42 Å². The molecule has 0 spiro atoms. The summed E-state index contributed by atoms with van der Waals surface area (Å²) in [4.78, 5) is 0. The fourth-order valence-electron chi connectivity index (χ4n) is 0.678. The Morgan fingerprint density at radius 2 is 2.31 bits per heavy atom. The molecule has 1 aromatic rings. The molecule has 0 radical (unpaired) electrons. The van der Waals surface area contributed by atoms with E-state index in [1.54, 1.807) is 12.4 Å². The number of rotatable bonds is 4. The molecule has 7 heteroatoms. The minimum Gasteiger partial charge on any atom is -0.285 e. The van der Waals surface area contributed by atoms with E-state index in [-0.39, 0.29) is 6.54 Å². The van der Waals surface area contributed by atoms with Crippen LogP contribution in [-0.2, 0) is 16.8 Å². The lowest BCUT2D eigenvalue weighted by molar-refractivity contribution is 0.505. The number of aromatic nitrogens is 2. The monoisotopic (exact) mass is 204 g/mol. The van der Waals surface area contributed by atoms with Crippen molar-refractivity contribution in [2.75, 3.05) is 14.1 Å². The van der Waals surface area contributed by atoms with Crippen LogP contribution in [0.25, 0.3) is 0 Å². The summed E-state index contributed by atoms with van der Waals surface area (Å²) < 4.78 is 25.9. The Balaban J connectivity index is 2.53. The smallest absolute Gasteiger partial charge is 0.279 e. The molecular formula is C6H12N4O2S. The van der Waals surface area contributed by atoms with Crippen molar-refractivity contribution in [1.29, 1.82) is 0 Å². The van der Waals surface area contributed by atoms with Crippen molar-refractivity contribution in [2.24, 2.45) is 0 Å². The zero-order valence-corrected chi connectivity index (χ0v) is 8.30. The summed E-state index contributed by atoms with van der Waals surface area (Å²) in [5, 5.41) is 6.29. The first-order valence-electron chi connectivity index (χ1n) is 3.67. The van der Waals surface area contributed by atoms with Gasteiger partial charge in [0.1, 0.15) is 0 Å². The molecule has 74 valence electrons. The van der Waals surface area contributed by atoms with Gasteiger partial charge in [-0.05, 0) is 0 Å². The Hall–Kier alpha value is -0.920. The van der Waals surface area contributed by atoms with Gasteiger partial charge in [0.25, 0.3) is 10.2 Å².